The van der Waals surface area contributed by atoms with Crippen LogP contribution >= 0.6 is 0 Å². The van der Waals surface area contributed by atoms with E-state index in [4.69, 9.17) is 4.74 Å². The van der Waals surface area contributed by atoms with Gasteiger partial charge in [-0.2, -0.15) is 0 Å². The number of aryl methyl sites for hydroxylation is 1. The first-order valence-corrected chi connectivity index (χ1v) is 8.36. The second kappa shape index (κ2) is 7.97. The van der Waals surface area contributed by atoms with Gasteiger partial charge in [0, 0.05) is 5.56 Å². The van der Waals surface area contributed by atoms with E-state index < -0.39 is 5.97 Å². The Bertz CT molecular complexity index is 742. The fourth-order valence-corrected chi connectivity index (χ4v) is 2.36. The number of hydrogen-bond acceptors (Lipinski definition) is 3. The van der Waals surface area contributed by atoms with Crippen LogP contribution in [0.5, 0.6) is 0 Å². The molecule has 0 radical (unpaired) electrons. The molecule has 0 aliphatic heterocycles. The van der Waals surface area contributed by atoms with Gasteiger partial charge in [-0.25, -0.2) is 0 Å². The molecule has 2 rings (SSSR count). The van der Waals surface area contributed by atoms with Crippen molar-refractivity contribution in [2.45, 2.75) is 39.7 Å². The van der Waals surface area contributed by atoms with Crippen molar-refractivity contribution in [3.05, 3.63) is 70.8 Å². The van der Waals surface area contributed by atoms with E-state index in [0.29, 0.717) is 5.56 Å². The molecule has 0 heterocycles. The number of carbonyl (C=O) groups is 2. The molecule has 25 heavy (non-hydrogen) atoms. The summed E-state index contributed by atoms with van der Waals surface area (Å²) in [4.78, 5) is 23.9. The van der Waals surface area contributed by atoms with E-state index in [9.17, 15) is 9.59 Å². The lowest BCUT2D eigenvalue weighted by Gasteiger charge is -2.19. The highest BCUT2D eigenvalue weighted by molar-refractivity contribution is 5.95. The second-order valence-corrected chi connectivity index (χ2v) is 7.10. The number of rotatable bonds is 5. The summed E-state index contributed by atoms with van der Waals surface area (Å²) in [6, 6.07) is 15.1. The van der Waals surface area contributed by atoms with Crippen molar-refractivity contribution in [3.8, 4) is 0 Å². The Balaban J connectivity index is 1.83. The van der Waals surface area contributed by atoms with Gasteiger partial charge in [-0.3, -0.25) is 9.59 Å². The van der Waals surface area contributed by atoms with Gasteiger partial charge in [-0.05, 0) is 41.2 Å². The van der Waals surface area contributed by atoms with Crippen LogP contribution in [0.2, 0.25) is 0 Å². The third-order valence-corrected chi connectivity index (χ3v) is 4.06. The Morgan fingerprint density at radius 1 is 1.00 bits per heavy atom. The van der Waals surface area contributed by atoms with E-state index in [-0.39, 0.29) is 24.5 Å². The van der Waals surface area contributed by atoms with Gasteiger partial charge >= 0.3 is 5.97 Å². The van der Waals surface area contributed by atoms with Crippen LogP contribution in [0, 0.1) is 6.92 Å². The van der Waals surface area contributed by atoms with Crippen molar-refractivity contribution < 1.29 is 14.3 Å². The summed E-state index contributed by atoms with van der Waals surface area (Å²) >= 11 is 0. The zero-order valence-electron chi connectivity index (χ0n) is 15.3. The number of amides is 1. The summed E-state index contributed by atoms with van der Waals surface area (Å²) in [5.74, 6) is -0.740. The van der Waals surface area contributed by atoms with E-state index in [1.807, 2.05) is 43.3 Å². The van der Waals surface area contributed by atoms with Crippen LogP contribution in [-0.2, 0) is 21.6 Å². The fourth-order valence-electron chi connectivity index (χ4n) is 2.36. The third kappa shape index (κ3) is 5.45. The summed E-state index contributed by atoms with van der Waals surface area (Å²) in [6.07, 6.45) is 0. The maximum Gasteiger partial charge on any atom is 0.325 e. The van der Waals surface area contributed by atoms with Crippen molar-refractivity contribution in [1.82, 2.24) is 5.32 Å². The standard InChI is InChI=1S/C21H25NO3/c1-15-7-5-6-8-17(15)14-25-19(23)13-22-20(24)16-9-11-18(12-10-16)21(2,3)4/h5-12H,13-14H2,1-4H3,(H,22,24). The van der Waals surface area contributed by atoms with E-state index in [0.717, 1.165) is 16.7 Å². The molecule has 1 N–H and O–H groups in total. The van der Waals surface area contributed by atoms with Crippen molar-refractivity contribution in [2.24, 2.45) is 0 Å². The molecule has 0 spiro atoms. The van der Waals surface area contributed by atoms with Crippen molar-refractivity contribution in [1.29, 1.82) is 0 Å². The lowest BCUT2D eigenvalue weighted by Crippen LogP contribution is -2.30. The first kappa shape index (κ1) is 18.7. The number of benzene rings is 2. The van der Waals surface area contributed by atoms with Gasteiger partial charge in [0.05, 0.1) is 0 Å². The summed E-state index contributed by atoms with van der Waals surface area (Å²) in [7, 11) is 0. The zero-order chi connectivity index (χ0) is 18.4. The first-order valence-electron chi connectivity index (χ1n) is 8.36. The minimum absolute atomic E-state index is 0.0361. The largest absolute Gasteiger partial charge is 0.459 e. The van der Waals surface area contributed by atoms with Crippen LogP contribution < -0.4 is 5.32 Å². The highest BCUT2D eigenvalue weighted by Crippen LogP contribution is 2.22. The molecule has 0 fully saturated rings. The highest BCUT2D eigenvalue weighted by atomic mass is 16.5. The number of carbonyl (C=O) groups excluding carboxylic acids is 2. The molecule has 0 aliphatic rings. The van der Waals surface area contributed by atoms with Crippen molar-refractivity contribution >= 4 is 11.9 Å². The highest BCUT2D eigenvalue weighted by Gasteiger charge is 2.15. The molecule has 0 saturated heterocycles. The predicted molar refractivity (Wildman–Crippen MR) is 98.5 cm³/mol. The van der Waals surface area contributed by atoms with Gasteiger partial charge in [-0.1, -0.05) is 57.2 Å². The predicted octanol–water partition coefficient (Wildman–Crippen LogP) is 3.77. The molecule has 0 aromatic heterocycles. The van der Waals surface area contributed by atoms with Crippen LogP contribution in [0.1, 0.15) is 47.8 Å². The minimum Gasteiger partial charge on any atom is -0.459 e. The maximum absolute atomic E-state index is 12.1. The average Bonchev–Trinajstić information content (AvgIpc) is 2.58. The van der Waals surface area contributed by atoms with Gasteiger partial charge in [0.1, 0.15) is 13.2 Å². The lowest BCUT2D eigenvalue weighted by atomic mass is 9.87. The Labute approximate surface area is 149 Å². The van der Waals surface area contributed by atoms with Crippen LogP contribution in [-0.4, -0.2) is 18.4 Å². The van der Waals surface area contributed by atoms with Crippen LogP contribution in [0.25, 0.3) is 0 Å². The molecular formula is C21H25NO3. The monoisotopic (exact) mass is 339 g/mol. The van der Waals surface area contributed by atoms with E-state index in [1.54, 1.807) is 12.1 Å². The molecular weight excluding hydrogens is 314 g/mol. The van der Waals surface area contributed by atoms with E-state index in [1.165, 1.54) is 0 Å². The molecule has 2 aromatic rings. The topological polar surface area (TPSA) is 55.4 Å². The maximum atomic E-state index is 12.1. The number of hydrogen-bond donors (Lipinski definition) is 1. The first-order chi connectivity index (χ1) is 11.8. The smallest absolute Gasteiger partial charge is 0.325 e. The SMILES string of the molecule is Cc1ccccc1COC(=O)CNC(=O)c1ccc(C(C)(C)C)cc1. The van der Waals surface area contributed by atoms with Gasteiger partial charge in [0.25, 0.3) is 5.91 Å². The molecule has 0 saturated carbocycles. The van der Waals surface area contributed by atoms with Gasteiger partial charge < -0.3 is 10.1 Å². The molecule has 132 valence electrons. The number of nitrogens with one attached hydrogen (secondary N) is 1. The Morgan fingerprint density at radius 3 is 2.24 bits per heavy atom. The molecule has 2 aromatic carbocycles. The fraction of sp³-hybridized carbons (Fsp3) is 0.333. The summed E-state index contributed by atoms with van der Waals surface area (Å²) in [5, 5.41) is 2.59. The second-order valence-electron chi connectivity index (χ2n) is 7.10. The molecule has 0 unspecified atom stereocenters. The summed E-state index contributed by atoms with van der Waals surface area (Å²) < 4.78 is 5.21. The molecule has 0 bridgehead atoms. The van der Waals surface area contributed by atoms with Gasteiger partial charge in [-0.15, -0.1) is 0 Å². The van der Waals surface area contributed by atoms with Crippen molar-refractivity contribution in [3.63, 3.8) is 0 Å². The third-order valence-electron chi connectivity index (χ3n) is 4.06. The van der Waals surface area contributed by atoms with Crippen LogP contribution in [0.15, 0.2) is 48.5 Å². The minimum atomic E-state index is -0.456. The molecule has 0 atom stereocenters. The average molecular weight is 339 g/mol. The lowest BCUT2D eigenvalue weighted by molar-refractivity contribution is -0.143. The summed E-state index contributed by atoms with van der Waals surface area (Å²) in [5.41, 5.74) is 3.74. The Hall–Kier alpha value is -2.62. The normalized spacial score (nSPS) is 11.0. The molecule has 4 heteroatoms. The quantitative estimate of drug-likeness (QED) is 0.844. The molecule has 1 amide bonds. The van der Waals surface area contributed by atoms with Gasteiger partial charge in [0.2, 0.25) is 0 Å². The Kier molecular flexibility index (Phi) is 5.97. The van der Waals surface area contributed by atoms with Crippen LogP contribution in [0.3, 0.4) is 0 Å². The molecule has 4 nitrogen and oxygen atoms in total. The zero-order valence-corrected chi connectivity index (χ0v) is 15.3. The summed E-state index contributed by atoms with van der Waals surface area (Å²) in [6.45, 7) is 8.38. The van der Waals surface area contributed by atoms with Gasteiger partial charge in [0.15, 0.2) is 0 Å². The Morgan fingerprint density at radius 2 is 1.64 bits per heavy atom. The van der Waals surface area contributed by atoms with Crippen LogP contribution in [0.4, 0.5) is 0 Å². The van der Waals surface area contributed by atoms with E-state index >= 15 is 0 Å². The number of esters is 1. The number of ether oxygens (including phenoxy) is 1. The molecule has 0 aliphatic carbocycles. The van der Waals surface area contributed by atoms with E-state index in [2.05, 4.69) is 26.1 Å². The van der Waals surface area contributed by atoms with Crippen molar-refractivity contribution in [2.75, 3.05) is 6.54 Å².